The van der Waals surface area contributed by atoms with Crippen LogP contribution in [0.15, 0.2) is 27.4 Å². The number of nitrogens with zero attached hydrogens (tertiary/aromatic N) is 1. The van der Waals surface area contributed by atoms with Gasteiger partial charge < -0.3 is 14.8 Å². The van der Waals surface area contributed by atoms with Gasteiger partial charge >= 0.3 is 5.76 Å². The van der Waals surface area contributed by atoms with Crippen molar-refractivity contribution in [3.8, 4) is 0 Å². The van der Waals surface area contributed by atoms with Crippen LogP contribution in [0.25, 0.3) is 11.1 Å². The van der Waals surface area contributed by atoms with Crippen LogP contribution in [0.2, 0.25) is 0 Å². The fourth-order valence-corrected chi connectivity index (χ4v) is 2.62. The molecule has 0 aliphatic rings. The number of fused-ring (bicyclic) bond motifs is 1. The number of hydrogen-bond donors (Lipinski definition) is 2. The Morgan fingerprint density at radius 2 is 2.05 bits per heavy atom. The first kappa shape index (κ1) is 16.3. The normalized spacial score (nSPS) is 12.8. The van der Waals surface area contributed by atoms with Gasteiger partial charge in [-0.3, -0.25) is 9.36 Å². The first-order valence-electron chi connectivity index (χ1n) is 7.54. The lowest BCUT2D eigenvalue weighted by Gasteiger charge is -2.20. The van der Waals surface area contributed by atoms with Gasteiger partial charge in [-0.05, 0) is 18.1 Å². The first-order valence-corrected chi connectivity index (χ1v) is 7.54. The lowest BCUT2D eigenvalue weighted by atomic mass is 9.96. The number of hydrogen-bond acceptors (Lipinski definition) is 4. The molecule has 0 saturated heterocycles. The number of aryl methyl sites for hydroxylation is 1. The summed E-state index contributed by atoms with van der Waals surface area (Å²) in [6.07, 6.45) is 1.13. The SMILES string of the molecule is CCC(CC)C(O)CNC(=O)c1cccc2c1oc(=O)n2C. The summed E-state index contributed by atoms with van der Waals surface area (Å²) in [5, 5.41) is 12.8. The van der Waals surface area contributed by atoms with Gasteiger partial charge in [-0.1, -0.05) is 32.8 Å². The van der Waals surface area contributed by atoms with Crippen molar-refractivity contribution in [2.75, 3.05) is 6.54 Å². The van der Waals surface area contributed by atoms with Crippen LogP contribution < -0.4 is 11.1 Å². The van der Waals surface area contributed by atoms with Crippen molar-refractivity contribution >= 4 is 17.0 Å². The van der Waals surface area contributed by atoms with E-state index < -0.39 is 11.9 Å². The van der Waals surface area contributed by atoms with Crippen LogP contribution in [0.3, 0.4) is 0 Å². The van der Waals surface area contributed by atoms with Gasteiger partial charge in [0.05, 0.1) is 17.2 Å². The maximum Gasteiger partial charge on any atom is 0.419 e. The minimum atomic E-state index is -0.582. The lowest BCUT2D eigenvalue weighted by molar-refractivity contribution is 0.0817. The summed E-state index contributed by atoms with van der Waals surface area (Å²) in [6, 6.07) is 5.02. The molecule has 1 aromatic carbocycles. The topological polar surface area (TPSA) is 84.5 Å². The number of amides is 1. The zero-order valence-corrected chi connectivity index (χ0v) is 13.1. The van der Waals surface area contributed by atoms with Gasteiger partial charge in [0.25, 0.3) is 5.91 Å². The Hall–Kier alpha value is -2.08. The number of rotatable bonds is 6. The molecule has 120 valence electrons. The largest absolute Gasteiger partial charge is 0.419 e. The van der Waals surface area contributed by atoms with Gasteiger partial charge in [0, 0.05) is 13.6 Å². The van der Waals surface area contributed by atoms with Gasteiger partial charge in [-0.15, -0.1) is 0 Å². The standard InChI is InChI=1S/C16H22N2O4/c1-4-10(5-2)13(19)9-17-15(20)11-7-6-8-12-14(11)22-16(21)18(12)3/h6-8,10,13,19H,4-5,9H2,1-3H3,(H,17,20). The number of aliphatic hydroxyl groups excluding tert-OH is 1. The zero-order valence-electron chi connectivity index (χ0n) is 13.1. The predicted molar refractivity (Wildman–Crippen MR) is 83.9 cm³/mol. The molecule has 6 nitrogen and oxygen atoms in total. The smallest absolute Gasteiger partial charge is 0.407 e. The van der Waals surface area contributed by atoms with Gasteiger partial charge in [0.1, 0.15) is 0 Å². The van der Waals surface area contributed by atoms with E-state index in [-0.39, 0.29) is 24.0 Å². The summed E-state index contributed by atoms with van der Waals surface area (Å²) in [5.74, 6) is -0.706. The summed E-state index contributed by atoms with van der Waals surface area (Å²) >= 11 is 0. The van der Waals surface area contributed by atoms with Crippen molar-refractivity contribution in [1.82, 2.24) is 9.88 Å². The molecule has 22 heavy (non-hydrogen) atoms. The van der Waals surface area contributed by atoms with E-state index in [9.17, 15) is 14.7 Å². The fourth-order valence-electron chi connectivity index (χ4n) is 2.62. The molecule has 0 aliphatic carbocycles. The van der Waals surface area contributed by atoms with Gasteiger partial charge in [-0.2, -0.15) is 0 Å². The van der Waals surface area contributed by atoms with Crippen LogP contribution in [0.1, 0.15) is 37.0 Å². The Kier molecular flexibility index (Phi) is 5.03. The van der Waals surface area contributed by atoms with Gasteiger partial charge in [-0.25, -0.2) is 4.79 Å². The van der Waals surface area contributed by atoms with Crippen molar-refractivity contribution in [3.05, 3.63) is 34.3 Å². The number of carbonyl (C=O) groups excluding carboxylic acids is 1. The second kappa shape index (κ2) is 6.79. The van der Waals surface area contributed by atoms with Crippen molar-refractivity contribution in [3.63, 3.8) is 0 Å². The molecule has 0 bridgehead atoms. The molecule has 0 fully saturated rings. The highest BCUT2D eigenvalue weighted by atomic mass is 16.4. The molecule has 1 unspecified atom stereocenters. The third kappa shape index (κ3) is 3.06. The maximum absolute atomic E-state index is 12.3. The minimum absolute atomic E-state index is 0.158. The highest BCUT2D eigenvalue weighted by Crippen LogP contribution is 2.17. The van der Waals surface area contributed by atoms with E-state index in [0.717, 1.165) is 12.8 Å². The number of nitrogens with one attached hydrogen (secondary N) is 1. The molecule has 2 aromatic rings. The number of aliphatic hydroxyl groups is 1. The molecule has 1 atom stereocenters. The average molecular weight is 306 g/mol. The molecular weight excluding hydrogens is 284 g/mol. The van der Waals surface area contributed by atoms with E-state index in [1.807, 2.05) is 13.8 Å². The number of carbonyl (C=O) groups is 1. The maximum atomic E-state index is 12.3. The lowest BCUT2D eigenvalue weighted by Crippen LogP contribution is -2.36. The molecule has 1 aromatic heterocycles. The zero-order chi connectivity index (χ0) is 16.3. The number of aromatic nitrogens is 1. The van der Waals surface area contributed by atoms with Crippen LogP contribution in [-0.2, 0) is 7.05 Å². The van der Waals surface area contributed by atoms with Gasteiger partial charge in [0.15, 0.2) is 5.58 Å². The molecule has 1 heterocycles. The van der Waals surface area contributed by atoms with Crippen LogP contribution in [0.5, 0.6) is 0 Å². The van der Waals surface area contributed by atoms with Crippen molar-refractivity contribution in [2.24, 2.45) is 13.0 Å². The second-order valence-electron chi connectivity index (χ2n) is 5.43. The van der Waals surface area contributed by atoms with Crippen LogP contribution in [0.4, 0.5) is 0 Å². The fraction of sp³-hybridized carbons (Fsp3) is 0.500. The average Bonchev–Trinajstić information content (AvgIpc) is 2.81. The number of benzene rings is 1. The summed E-state index contributed by atoms with van der Waals surface area (Å²) in [5.41, 5.74) is 1.13. The van der Waals surface area contributed by atoms with Crippen LogP contribution in [-0.4, -0.2) is 28.2 Å². The Morgan fingerprint density at radius 3 is 2.68 bits per heavy atom. The summed E-state index contributed by atoms with van der Waals surface area (Å²) in [4.78, 5) is 23.9. The van der Waals surface area contributed by atoms with Crippen molar-refractivity contribution < 1.29 is 14.3 Å². The third-order valence-electron chi connectivity index (χ3n) is 4.13. The third-order valence-corrected chi connectivity index (χ3v) is 4.13. The van der Waals surface area contributed by atoms with E-state index in [1.54, 1.807) is 25.2 Å². The molecule has 0 spiro atoms. The minimum Gasteiger partial charge on any atom is -0.407 e. The molecular formula is C16H22N2O4. The highest BCUT2D eigenvalue weighted by Gasteiger charge is 2.19. The molecule has 0 saturated carbocycles. The second-order valence-corrected chi connectivity index (χ2v) is 5.43. The molecule has 6 heteroatoms. The van der Waals surface area contributed by atoms with E-state index in [4.69, 9.17) is 4.42 Å². The van der Waals surface area contributed by atoms with E-state index >= 15 is 0 Å². The molecule has 0 radical (unpaired) electrons. The quantitative estimate of drug-likeness (QED) is 0.850. The Balaban J connectivity index is 2.17. The summed E-state index contributed by atoms with van der Waals surface area (Å²) < 4.78 is 6.48. The Morgan fingerprint density at radius 1 is 1.36 bits per heavy atom. The first-order chi connectivity index (χ1) is 10.5. The summed E-state index contributed by atoms with van der Waals surface area (Å²) in [6.45, 7) is 4.20. The van der Waals surface area contributed by atoms with E-state index in [2.05, 4.69) is 5.32 Å². The Bertz CT molecular complexity index is 712. The number of oxazole rings is 1. The highest BCUT2D eigenvalue weighted by molar-refractivity contribution is 6.04. The number of para-hydroxylation sites is 1. The van der Waals surface area contributed by atoms with Crippen LogP contribution >= 0.6 is 0 Å². The molecule has 2 N–H and O–H groups in total. The summed E-state index contributed by atoms with van der Waals surface area (Å²) in [7, 11) is 1.59. The Labute approximate surface area is 128 Å². The molecule has 2 rings (SSSR count). The predicted octanol–water partition coefficient (Wildman–Crippen LogP) is 1.66. The van der Waals surface area contributed by atoms with E-state index in [0.29, 0.717) is 11.1 Å². The van der Waals surface area contributed by atoms with Crippen LogP contribution in [0, 0.1) is 5.92 Å². The van der Waals surface area contributed by atoms with Crippen molar-refractivity contribution in [2.45, 2.75) is 32.8 Å². The monoisotopic (exact) mass is 306 g/mol. The molecule has 0 aliphatic heterocycles. The van der Waals surface area contributed by atoms with Gasteiger partial charge in [0.2, 0.25) is 0 Å². The van der Waals surface area contributed by atoms with E-state index in [1.165, 1.54) is 4.57 Å². The molecule has 1 amide bonds. The van der Waals surface area contributed by atoms with Crippen molar-refractivity contribution in [1.29, 1.82) is 0 Å².